The minimum absolute atomic E-state index is 0.274. The topological polar surface area (TPSA) is 67.9 Å². The van der Waals surface area contributed by atoms with E-state index < -0.39 is 0 Å². The van der Waals surface area contributed by atoms with E-state index in [0.29, 0.717) is 18.2 Å². The van der Waals surface area contributed by atoms with Gasteiger partial charge in [0.05, 0.1) is 0 Å². The van der Waals surface area contributed by atoms with Gasteiger partial charge < -0.3 is 10.6 Å². The number of rotatable bonds is 4. The number of hydrogen-bond acceptors (Lipinski definition) is 5. The minimum Gasteiger partial charge on any atom is -0.388 e. The van der Waals surface area contributed by atoms with E-state index in [1.54, 1.807) is 24.7 Å². The first kappa shape index (κ1) is 12.4. The highest BCUT2D eigenvalue weighted by molar-refractivity contribution is 7.80. The van der Waals surface area contributed by atoms with Crippen molar-refractivity contribution in [2.75, 3.05) is 11.9 Å². The Bertz CT molecular complexity index is 543. The fourth-order valence-corrected chi connectivity index (χ4v) is 1.62. The fourth-order valence-electron chi connectivity index (χ4n) is 1.50. The summed E-state index contributed by atoms with van der Waals surface area (Å²) in [5, 5.41) is 0. The van der Waals surface area contributed by atoms with Gasteiger partial charge >= 0.3 is 0 Å². The molecule has 0 spiro atoms. The summed E-state index contributed by atoms with van der Waals surface area (Å²) in [6.07, 6.45) is 5.17. The molecule has 2 rings (SSSR count). The lowest BCUT2D eigenvalue weighted by Crippen LogP contribution is -2.21. The molecule has 92 valence electrons. The highest BCUT2D eigenvalue weighted by Gasteiger charge is 2.07. The summed E-state index contributed by atoms with van der Waals surface area (Å²) >= 11 is 4.90. The molecule has 0 aliphatic rings. The molecule has 0 saturated carbocycles. The molecule has 0 amide bonds. The predicted octanol–water partition coefficient (Wildman–Crippen LogP) is 1.14. The lowest BCUT2D eigenvalue weighted by atomic mass is 10.2. The SMILES string of the molecule is CN(Cc1ccncc1)c1nccc(C(N)=S)n1. The van der Waals surface area contributed by atoms with Gasteiger partial charge in [-0.2, -0.15) is 0 Å². The van der Waals surface area contributed by atoms with Gasteiger partial charge in [0.25, 0.3) is 0 Å². The van der Waals surface area contributed by atoms with E-state index >= 15 is 0 Å². The maximum atomic E-state index is 5.55. The van der Waals surface area contributed by atoms with Crippen LogP contribution in [-0.2, 0) is 6.54 Å². The molecule has 0 aliphatic carbocycles. The first-order valence-corrected chi connectivity index (χ1v) is 5.80. The van der Waals surface area contributed by atoms with E-state index in [1.807, 2.05) is 24.1 Å². The molecule has 0 atom stereocenters. The van der Waals surface area contributed by atoms with Gasteiger partial charge in [-0.3, -0.25) is 4.98 Å². The molecule has 0 fully saturated rings. The number of aromatic nitrogens is 3. The van der Waals surface area contributed by atoms with Crippen LogP contribution < -0.4 is 10.6 Å². The quantitative estimate of drug-likeness (QED) is 0.831. The minimum atomic E-state index is 0.274. The van der Waals surface area contributed by atoms with Crippen LogP contribution in [0.1, 0.15) is 11.3 Å². The average Bonchev–Trinajstić information content (AvgIpc) is 2.40. The molecule has 5 nitrogen and oxygen atoms in total. The molecule has 2 aromatic rings. The smallest absolute Gasteiger partial charge is 0.225 e. The Balaban J connectivity index is 2.16. The Labute approximate surface area is 111 Å². The molecule has 0 bridgehead atoms. The van der Waals surface area contributed by atoms with Crippen LogP contribution >= 0.6 is 12.2 Å². The normalized spacial score (nSPS) is 10.1. The van der Waals surface area contributed by atoms with Crippen LogP contribution in [-0.4, -0.2) is 27.0 Å². The number of nitrogens with two attached hydrogens (primary N) is 1. The second-order valence-corrected chi connectivity index (χ2v) is 4.26. The lowest BCUT2D eigenvalue weighted by molar-refractivity contribution is 0.863. The summed E-state index contributed by atoms with van der Waals surface area (Å²) in [5.74, 6) is 0.595. The summed E-state index contributed by atoms with van der Waals surface area (Å²) in [5.41, 5.74) is 7.27. The van der Waals surface area contributed by atoms with Gasteiger partial charge in [-0.1, -0.05) is 12.2 Å². The monoisotopic (exact) mass is 259 g/mol. The van der Waals surface area contributed by atoms with Crippen LogP contribution in [0.3, 0.4) is 0 Å². The Morgan fingerprint density at radius 1 is 1.28 bits per heavy atom. The van der Waals surface area contributed by atoms with E-state index in [4.69, 9.17) is 18.0 Å². The van der Waals surface area contributed by atoms with Gasteiger partial charge in [0.15, 0.2) is 0 Å². The van der Waals surface area contributed by atoms with Crippen LogP contribution in [0.25, 0.3) is 0 Å². The summed E-state index contributed by atoms with van der Waals surface area (Å²) in [4.78, 5) is 14.7. The molecule has 0 unspecified atom stereocenters. The molecular weight excluding hydrogens is 246 g/mol. The zero-order valence-corrected chi connectivity index (χ0v) is 10.8. The van der Waals surface area contributed by atoms with E-state index in [2.05, 4.69) is 15.0 Å². The van der Waals surface area contributed by atoms with Crippen molar-refractivity contribution in [2.45, 2.75) is 6.54 Å². The van der Waals surface area contributed by atoms with Crippen LogP contribution in [0.2, 0.25) is 0 Å². The summed E-state index contributed by atoms with van der Waals surface area (Å²) in [6, 6.07) is 5.61. The van der Waals surface area contributed by atoms with Crippen molar-refractivity contribution in [3.05, 3.63) is 48.0 Å². The predicted molar refractivity (Wildman–Crippen MR) is 74.3 cm³/mol. The average molecular weight is 259 g/mol. The molecule has 2 N–H and O–H groups in total. The third-order valence-corrected chi connectivity index (χ3v) is 2.61. The van der Waals surface area contributed by atoms with Gasteiger partial charge in [-0.25, -0.2) is 9.97 Å². The molecule has 0 aliphatic heterocycles. The van der Waals surface area contributed by atoms with Crippen molar-refractivity contribution >= 4 is 23.2 Å². The standard InChI is InChI=1S/C12H13N5S/c1-17(8-9-2-5-14-6-3-9)12-15-7-4-10(16-12)11(13)18/h2-7H,8H2,1H3,(H2,13,18). The first-order valence-electron chi connectivity index (χ1n) is 5.39. The number of hydrogen-bond donors (Lipinski definition) is 1. The maximum Gasteiger partial charge on any atom is 0.225 e. The van der Waals surface area contributed by atoms with E-state index in [9.17, 15) is 0 Å². The Hall–Kier alpha value is -2.08. The molecule has 6 heteroatoms. The van der Waals surface area contributed by atoms with Crippen molar-refractivity contribution < 1.29 is 0 Å². The Morgan fingerprint density at radius 3 is 2.67 bits per heavy atom. The van der Waals surface area contributed by atoms with Gasteiger partial charge in [0.1, 0.15) is 10.7 Å². The second-order valence-electron chi connectivity index (χ2n) is 3.82. The fraction of sp³-hybridized carbons (Fsp3) is 0.167. The van der Waals surface area contributed by atoms with E-state index in [-0.39, 0.29) is 4.99 Å². The zero-order valence-electron chi connectivity index (χ0n) is 9.95. The van der Waals surface area contributed by atoms with Crippen molar-refractivity contribution in [3.8, 4) is 0 Å². The molecule has 18 heavy (non-hydrogen) atoms. The number of nitrogens with zero attached hydrogens (tertiary/aromatic N) is 4. The highest BCUT2D eigenvalue weighted by Crippen LogP contribution is 2.09. The van der Waals surface area contributed by atoms with Crippen molar-refractivity contribution in [3.63, 3.8) is 0 Å². The Morgan fingerprint density at radius 2 is 2.00 bits per heavy atom. The number of thiocarbonyl (C=S) groups is 1. The first-order chi connectivity index (χ1) is 8.66. The second kappa shape index (κ2) is 5.50. The largest absolute Gasteiger partial charge is 0.388 e. The molecule has 2 heterocycles. The highest BCUT2D eigenvalue weighted by atomic mass is 32.1. The lowest BCUT2D eigenvalue weighted by Gasteiger charge is -2.17. The molecular formula is C12H13N5S. The zero-order chi connectivity index (χ0) is 13.0. The maximum absolute atomic E-state index is 5.55. The third-order valence-electron chi connectivity index (χ3n) is 2.41. The Kier molecular flexibility index (Phi) is 3.78. The van der Waals surface area contributed by atoms with Crippen molar-refractivity contribution in [1.29, 1.82) is 0 Å². The van der Waals surface area contributed by atoms with Crippen LogP contribution in [0, 0.1) is 0 Å². The summed E-state index contributed by atoms with van der Waals surface area (Å²) in [6.45, 7) is 0.698. The molecule has 0 aromatic carbocycles. The van der Waals surface area contributed by atoms with Crippen molar-refractivity contribution in [2.24, 2.45) is 5.73 Å². The van der Waals surface area contributed by atoms with E-state index in [0.717, 1.165) is 5.56 Å². The van der Waals surface area contributed by atoms with Crippen LogP contribution in [0.4, 0.5) is 5.95 Å². The van der Waals surface area contributed by atoms with Gasteiger partial charge in [-0.15, -0.1) is 0 Å². The molecule has 0 radical (unpaired) electrons. The van der Waals surface area contributed by atoms with E-state index in [1.165, 1.54) is 0 Å². The molecule has 2 aromatic heterocycles. The summed E-state index contributed by atoms with van der Waals surface area (Å²) < 4.78 is 0. The van der Waals surface area contributed by atoms with Gasteiger partial charge in [0.2, 0.25) is 5.95 Å². The van der Waals surface area contributed by atoms with Crippen LogP contribution in [0.15, 0.2) is 36.8 Å². The van der Waals surface area contributed by atoms with Crippen molar-refractivity contribution in [1.82, 2.24) is 15.0 Å². The van der Waals surface area contributed by atoms with Gasteiger partial charge in [-0.05, 0) is 23.8 Å². The number of anilines is 1. The summed E-state index contributed by atoms with van der Waals surface area (Å²) in [7, 11) is 1.92. The number of pyridine rings is 1. The molecule has 0 saturated heterocycles. The van der Waals surface area contributed by atoms with Gasteiger partial charge in [0, 0.05) is 32.2 Å². The van der Waals surface area contributed by atoms with Crippen LogP contribution in [0.5, 0.6) is 0 Å². The third kappa shape index (κ3) is 2.98.